The molecule has 140 valence electrons. The van der Waals surface area contributed by atoms with Gasteiger partial charge in [-0.15, -0.1) is 0 Å². The third-order valence-corrected chi connectivity index (χ3v) is 3.82. The number of methoxy groups -OCH3 is 1. The van der Waals surface area contributed by atoms with Gasteiger partial charge in [0.15, 0.2) is 11.7 Å². The first-order chi connectivity index (χ1) is 12.6. The molecule has 2 rings (SSSR count). The minimum Gasteiger partial charge on any atom is -0.497 e. The Morgan fingerprint density at radius 1 is 1.19 bits per heavy atom. The molecule has 0 aliphatic rings. The van der Waals surface area contributed by atoms with E-state index in [1.807, 2.05) is 31.2 Å². The van der Waals surface area contributed by atoms with Gasteiger partial charge in [-0.3, -0.25) is 9.79 Å². The van der Waals surface area contributed by atoms with Crippen molar-refractivity contribution in [3.8, 4) is 5.75 Å². The Morgan fingerprint density at radius 3 is 2.69 bits per heavy atom. The zero-order chi connectivity index (χ0) is 18.8. The van der Waals surface area contributed by atoms with Crippen LogP contribution in [0.15, 0.2) is 46.0 Å². The molecule has 1 amide bonds. The molecule has 0 fully saturated rings. The number of benzene rings is 1. The fraction of sp³-hybridized carbons (Fsp3) is 0.368. The SMILES string of the molecule is CN=C(NCCCNC(=O)c1occc1C)NCc1cccc(OC)c1. The summed E-state index contributed by atoms with van der Waals surface area (Å²) >= 11 is 0. The second-order valence-corrected chi connectivity index (χ2v) is 5.75. The molecule has 2 aromatic rings. The second-order valence-electron chi connectivity index (χ2n) is 5.75. The van der Waals surface area contributed by atoms with Crippen molar-refractivity contribution in [2.24, 2.45) is 4.99 Å². The molecule has 0 saturated heterocycles. The molecule has 0 aliphatic heterocycles. The molecule has 0 saturated carbocycles. The molecule has 26 heavy (non-hydrogen) atoms. The topological polar surface area (TPSA) is 87.9 Å². The number of ether oxygens (including phenoxy) is 1. The Hall–Kier alpha value is -2.96. The first kappa shape index (κ1) is 19.4. The Kier molecular flexibility index (Phi) is 7.54. The predicted molar refractivity (Wildman–Crippen MR) is 102 cm³/mol. The van der Waals surface area contributed by atoms with Gasteiger partial charge in [0.1, 0.15) is 5.75 Å². The fourth-order valence-electron chi connectivity index (χ4n) is 2.37. The van der Waals surface area contributed by atoms with E-state index in [0.29, 0.717) is 31.4 Å². The van der Waals surface area contributed by atoms with Crippen LogP contribution in [0.3, 0.4) is 0 Å². The van der Waals surface area contributed by atoms with Crippen molar-refractivity contribution < 1.29 is 13.9 Å². The van der Waals surface area contributed by atoms with E-state index in [1.54, 1.807) is 20.2 Å². The molecule has 0 unspecified atom stereocenters. The minimum atomic E-state index is -0.187. The highest BCUT2D eigenvalue weighted by Crippen LogP contribution is 2.12. The van der Waals surface area contributed by atoms with E-state index < -0.39 is 0 Å². The van der Waals surface area contributed by atoms with Crippen molar-refractivity contribution >= 4 is 11.9 Å². The number of hydrogen-bond acceptors (Lipinski definition) is 4. The molecule has 1 aromatic heterocycles. The molecule has 0 spiro atoms. The summed E-state index contributed by atoms with van der Waals surface area (Å²) in [6.07, 6.45) is 2.29. The molecular formula is C19H26N4O3. The molecular weight excluding hydrogens is 332 g/mol. The van der Waals surface area contributed by atoms with E-state index in [9.17, 15) is 4.79 Å². The summed E-state index contributed by atoms with van der Waals surface area (Å²) in [6.45, 7) is 3.73. The van der Waals surface area contributed by atoms with Gasteiger partial charge in [0.2, 0.25) is 0 Å². The van der Waals surface area contributed by atoms with Gasteiger partial charge in [-0.2, -0.15) is 0 Å². The third kappa shape index (κ3) is 5.84. The first-order valence-electron chi connectivity index (χ1n) is 8.53. The lowest BCUT2D eigenvalue weighted by Crippen LogP contribution is -2.38. The lowest BCUT2D eigenvalue weighted by Gasteiger charge is -2.12. The summed E-state index contributed by atoms with van der Waals surface area (Å²) in [5.41, 5.74) is 1.94. The van der Waals surface area contributed by atoms with Crippen molar-refractivity contribution in [3.63, 3.8) is 0 Å². The summed E-state index contributed by atoms with van der Waals surface area (Å²) in [7, 11) is 3.38. The lowest BCUT2D eigenvalue weighted by atomic mass is 10.2. The number of carbonyl (C=O) groups is 1. The highest BCUT2D eigenvalue weighted by Gasteiger charge is 2.11. The van der Waals surface area contributed by atoms with Crippen molar-refractivity contribution in [3.05, 3.63) is 53.5 Å². The van der Waals surface area contributed by atoms with E-state index in [2.05, 4.69) is 20.9 Å². The first-order valence-corrected chi connectivity index (χ1v) is 8.53. The molecule has 1 aromatic carbocycles. The normalized spacial score (nSPS) is 11.1. The predicted octanol–water partition coefficient (Wildman–Crippen LogP) is 2.08. The number of aliphatic imine (C=N–C) groups is 1. The number of furan rings is 1. The molecule has 0 radical (unpaired) electrons. The van der Waals surface area contributed by atoms with Gasteiger partial charge in [0.05, 0.1) is 13.4 Å². The quantitative estimate of drug-likeness (QED) is 0.382. The van der Waals surface area contributed by atoms with Gasteiger partial charge >= 0.3 is 0 Å². The average molecular weight is 358 g/mol. The van der Waals surface area contributed by atoms with Gasteiger partial charge in [0, 0.05) is 32.2 Å². The summed E-state index contributed by atoms with van der Waals surface area (Å²) in [5.74, 6) is 1.72. The number of nitrogens with one attached hydrogen (secondary N) is 3. The van der Waals surface area contributed by atoms with Gasteiger partial charge < -0.3 is 25.1 Å². The summed E-state index contributed by atoms with van der Waals surface area (Å²) in [4.78, 5) is 16.1. The number of guanidine groups is 1. The van der Waals surface area contributed by atoms with E-state index in [-0.39, 0.29) is 5.91 Å². The van der Waals surface area contributed by atoms with Crippen LogP contribution >= 0.6 is 0 Å². The van der Waals surface area contributed by atoms with Crippen LogP contribution < -0.4 is 20.7 Å². The zero-order valence-corrected chi connectivity index (χ0v) is 15.5. The fourth-order valence-corrected chi connectivity index (χ4v) is 2.37. The maximum absolute atomic E-state index is 11.9. The number of amides is 1. The van der Waals surface area contributed by atoms with Crippen LogP contribution in [0, 0.1) is 6.92 Å². The Bertz CT molecular complexity index is 740. The van der Waals surface area contributed by atoms with E-state index >= 15 is 0 Å². The van der Waals surface area contributed by atoms with Gasteiger partial charge in [0.25, 0.3) is 5.91 Å². The van der Waals surface area contributed by atoms with Gasteiger partial charge in [-0.1, -0.05) is 12.1 Å². The highest BCUT2D eigenvalue weighted by atomic mass is 16.5. The Labute approximate surface area is 153 Å². The molecule has 0 bridgehead atoms. The standard InChI is InChI=1S/C19H26N4O3/c1-14-8-11-26-17(14)18(24)21-9-5-10-22-19(20-2)23-13-15-6-4-7-16(12-15)25-3/h4,6-8,11-12H,5,9-10,13H2,1-3H3,(H,21,24)(H2,20,22,23). The monoisotopic (exact) mass is 358 g/mol. The van der Waals surface area contributed by atoms with Crippen LogP contribution in [0.1, 0.15) is 28.1 Å². The van der Waals surface area contributed by atoms with E-state index in [0.717, 1.165) is 23.3 Å². The Balaban J connectivity index is 1.65. The number of hydrogen-bond donors (Lipinski definition) is 3. The molecule has 0 aliphatic carbocycles. The summed E-state index contributed by atoms with van der Waals surface area (Å²) in [5, 5.41) is 9.31. The van der Waals surface area contributed by atoms with Crippen molar-refractivity contribution in [2.45, 2.75) is 19.9 Å². The van der Waals surface area contributed by atoms with Crippen molar-refractivity contribution in [1.29, 1.82) is 0 Å². The van der Waals surface area contributed by atoms with Crippen LogP contribution in [0.2, 0.25) is 0 Å². The minimum absolute atomic E-state index is 0.187. The van der Waals surface area contributed by atoms with Crippen LogP contribution in [0.25, 0.3) is 0 Å². The van der Waals surface area contributed by atoms with E-state index in [1.165, 1.54) is 6.26 Å². The largest absolute Gasteiger partial charge is 0.497 e. The lowest BCUT2D eigenvalue weighted by molar-refractivity contribution is 0.0925. The third-order valence-electron chi connectivity index (χ3n) is 3.82. The van der Waals surface area contributed by atoms with Gasteiger partial charge in [-0.25, -0.2) is 0 Å². The molecule has 3 N–H and O–H groups in total. The summed E-state index contributed by atoms with van der Waals surface area (Å²) in [6, 6.07) is 9.64. The molecule has 1 heterocycles. The maximum Gasteiger partial charge on any atom is 0.287 e. The smallest absolute Gasteiger partial charge is 0.287 e. The van der Waals surface area contributed by atoms with Crippen LogP contribution in [0.5, 0.6) is 5.75 Å². The van der Waals surface area contributed by atoms with Gasteiger partial charge in [-0.05, 0) is 37.1 Å². The van der Waals surface area contributed by atoms with Crippen molar-refractivity contribution in [1.82, 2.24) is 16.0 Å². The van der Waals surface area contributed by atoms with Crippen LogP contribution in [-0.4, -0.2) is 39.1 Å². The molecule has 0 atom stereocenters. The molecule has 7 nitrogen and oxygen atoms in total. The zero-order valence-electron chi connectivity index (χ0n) is 15.5. The highest BCUT2D eigenvalue weighted by molar-refractivity contribution is 5.92. The second kappa shape index (κ2) is 10.1. The Morgan fingerprint density at radius 2 is 2.00 bits per heavy atom. The van der Waals surface area contributed by atoms with Crippen molar-refractivity contribution in [2.75, 3.05) is 27.2 Å². The van der Waals surface area contributed by atoms with E-state index in [4.69, 9.17) is 9.15 Å². The summed E-state index contributed by atoms with van der Waals surface area (Å²) < 4.78 is 10.4. The number of aryl methyl sites for hydroxylation is 1. The maximum atomic E-state index is 11.9. The van der Waals surface area contributed by atoms with Crippen LogP contribution in [-0.2, 0) is 6.54 Å². The number of carbonyl (C=O) groups excluding carboxylic acids is 1. The number of nitrogens with zero attached hydrogens (tertiary/aromatic N) is 1. The number of rotatable bonds is 8. The average Bonchev–Trinajstić information content (AvgIpc) is 3.10. The molecule has 7 heteroatoms. The van der Waals surface area contributed by atoms with Crippen LogP contribution in [0.4, 0.5) is 0 Å².